The molecule has 0 spiro atoms. The zero-order valence-electron chi connectivity index (χ0n) is 27.1. The second kappa shape index (κ2) is 13.0. The molecule has 0 saturated carbocycles. The Kier molecular flexibility index (Phi) is 9.50. The van der Waals surface area contributed by atoms with E-state index in [1.54, 1.807) is 0 Å². The molecule has 0 aliphatic carbocycles. The van der Waals surface area contributed by atoms with Crippen molar-refractivity contribution in [1.29, 1.82) is 0 Å². The SMILES string of the molecule is Cc1cc2c(c(C(C)(C)C)c1)[O][Ga]([Cl])[O]c1c(cc(C)cc1C(C)(C)C)C=N[C@H](c1ccccc1)C(c1ccccc1)N=C2. The van der Waals surface area contributed by atoms with E-state index in [1.165, 1.54) is 0 Å². The third-order valence-corrected chi connectivity index (χ3v) is 10.6. The Morgan fingerprint density at radius 3 is 1.30 bits per heavy atom. The van der Waals surface area contributed by atoms with E-state index in [0.29, 0.717) is 0 Å². The predicted molar refractivity (Wildman–Crippen MR) is 186 cm³/mol. The van der Waals surface area contributed by atoms with Crippen LogP contribution in [-0.4, -0.2) is 28.4 Å². The molecule has 4 aromatic carbocycles. The van der Waals surface area contributed by atoms with Crippen molar-refractivity contribution in [2.75, 3.05) is 0 Å². The third-order valence-electron chi connectivity index (χ3n) is 7.89. The van der Waals surface area contributed by atoms with Crippen molar-refractivity contribution in [2.24, 2.45) is 9.98 Å². The van der Waals surface area contributed by atoms with Gasteiger partial charge in [-0.05, 0) is 0 Å². The van der Waals surface area contributed by atoms with Crippen molar-refractivity contribution in [1.82, 2.24) is 0 Å². The van der Waals surface area contributed by atoms with Gasteiger partial charge in [0, 0.05) is 0 Å². The summed E-state index contributed by atoms with van der Waals surface area (Å²) in [6.07, 6.45) is 3.89. The maximum absolute atomic E-state index is 7.14. The first-order valence-corrected chi connectivity index (χ1v) is 20.4. The Morgan fingerprint density at radius 2 is 0.955 bits per heavy atom. The summed E-state index contributed by atoms with van der Waals surface area (Å²) in [7, 11) is 7.14. The Balaban J connectivity index is 1.83. The van der Waals surface area contributed by atoms with Gasteiger partial charge in [0.1, 0.15) is 0 Å². The second-order valence-electron chi connectivity index (χ2n) is 13.7. The van der Waals surface area contributed by atoms with Gasteiger partial charge in [-0.15, -0.1) is 0 Å². The van der Waals surface area contributed by atoms with Gasteiger partial charge in [0.2, 0.25) is 0 Å². The maximum atomic E-state index is 7.14. The fourth-order valence-electron chi connectivity index (χ4n) is 5.70. The van der Waals surface area contributed by atoms with Crippen LogP contribution in [0.5, 0.6) is 11.5 Å². The molecule has 4 aromatic rings. The summed E-state index contributed by atoms with van der Waals surface area (Å²) >= 11 is -3.36. The first-order chi connectivity index (χ1) is 20.8. The topological polar surface area (TPSA) is 43.2 Å². The molecule has 44 heavy (non-hydrogen) atoms. The summed E-state index contributed by atoms with van der Waals surface area (Å²) in [5, 5.41) is 0. The molecule has 6 heteroatoms. The average Bonchev–Trinajstić information content (AvgIpc) is 2.97. The van der Waals surface area contributed by atoms with Crippen molar-refractivity contribution in [3.05, 3.63) is 129 Å². The zero-order chi connectivity index (χ0) is 31.6. The van der Waals surface area contributed by atoms with Crippen molar-refractivity contribution >= 4 is 38.0 Å². The predicted octanol–water partition coefficient (Wildman–Crippen LogP) is 9.91. The number of hydrogen-bond donors (Lipinski definition) is 0. The summed E-state index contributed by atoms with van der Waals surface area (Å²) in [6, 6.07) is 28.9. The number of halogens is 1. The van der Waals surface area contributed by atoms with Gasteiger partial charge in [0.05, 0.1) is 0 Å². The fourth-order valence-corrected chi connectivity index (χ4v) is 8.61. The Hall–Kier alpha value is -3.25. The number of benzene rings is 4. The van der Waals surface area contributed by atoms with Crippen LogP contribution >= 0.6 is 9.64 Å². The van der Waals surface area contributed by atoms with Crippen LogP contribution in [0.15, 0.2) is 94.9 Å². The molecule has 0 radical (unpaired) electrons. The van der Waals surface area contributed by atoms with Gasteiger partial charge in [-0.2, -0.15) is 0 Å². The van der Waals surface area contributed by atoms with E-state index in [9.17, 15) is 0 Å². The monoisotopic (exact) mass is 662 g/mol. The summed E-state index contributed by atoms with van der Waals surface area (Å²) in [4.78, 5) is 10.6. The van der Waals surface area contributed by atoms with E-state index in [4.69, 9.17) is 26.7 Å². The van der Waals surface area contributed by atoms with Crippen LogP contribution < -0.4 is 7.06 Å². The Labute approximate surface area is 273 Å². The molecule has 4 nitrogen and oxygen atoms in total. The minimum atomic E-state index is -3.36. The zero-order valence-corrected chi connectivity index (χ0v) is 30.2. The molecule has 5 rings (SSSR count). The average molecular weight is 664 g/mol. The number of fused-ring (bicyclic) bond motifs is 2. The number of aliphatic imine (C=N–C) groups is 2. The molecular weight excluding hydrogens is 622 g/mol. The summed E-state index contributed by atoms with van der Waals surface area (Å²) in [5.74, 6) is 1.50. The van der Waals surface area contributed by atoms with Gasteiger partial charge in [0.15, 0.2) is 0 Å². The molecule has 0 bridgehead atoms. The standard InChI is InChI=1S/C38H44N2O2.ClH.Ga/c1-25-19-29(35(41)31(21-25)37(3,4)5)23-39-33(27-15-11-9-12-16-27)34(28-17-13-10-14-18-28)40-24-30-20-26(2)22-32(36(30)42)38(6,7)8;;/h9-24,33-34,41-42H,1-8H3;1H;/q;;+3/p-3/t33-,34?;;/m1../s1. The minimum absolute atomic E-state index is 0.184. The van der Waals surface area contributed by atoms with E-state index in [1.807, 2.05) is 24.6 Å². The molecule has 0 amide bonds. The van der Waals surface area contributed by atoms with Gasteiger partial charge in [-0.3, -0.25) is 0 Å². The van der Waals surface area contributed by atoms with Gasteiger partial charge in [-0.25, -0.2) is 0 Å². The fraction of sp³-hybridized carbons (Fsp3) is 0.316. The van der Waals surface area contributed by atoms with Gasteiger partial charge < -0.3 is 0 Å². The summed E-state index contributed by atoms with van der Waals surface area (Å²) < 4.78 is 13.4. The van der Waals surface area contributed by atoms with Crippen LogP contribution in [0.4, 0.5) is 0 Å². The summed E-state index contributed by atoms with van der Waals surface area (Å²) in [5.41, 5.74) is 8.03. The number of aryl methyl sites for hydroxylation is 2. The van der Waals surface area contributed by atoms with E-state index in [2.05, 4.69) is 128 Å². The Bertz CT molecular complexity index is 1550. The van der Waals surface area contributed by atoms with Crippen molar-refractivity contribution in [2.45, 2.75) is 78.3 Å². The normalized spacial score (nSPS) is 17.3. The van der Waals surface area contributed by atoms with Crippen molar-refractivity contribution in [3.63, 3.8) is 0 Å². The van der Waals surface area contributed by atoms with Crippen LogP contribution in [0.3, 0.4) is 0 Å². The van der Waals surface area contributed by atoms with Crippen LogP contribution in [0.25, 0.3) is 0 Å². The molecule has 2 atom stereocenters. The molecule has 226 valence electrons. The second-order valence-corrected chi connectivity index (χ2v) is 17.7. The van der Waals surface area contributed by atoms with Gasteiger partial charge in [-0.1, -0.05) is 0 Å². The molecule has 1 unspecified atom stereocenters. The number of nitrogens with zero attached hydrogens (tertiary/aromatic N) is 2. The molecule has 0 N–H and O–H groups in total. The van der Waals surface area contributed by atoms with E-state index in [0.717, 1.165) is 56.0 Å². The molecule has 1 aliphatic heterocycles. The molecule has 0 fully saturated rings. The first kappa shape index (κ1) is 32.1. The van der Waals surface area contributed by atoms with Crippen molar-refractivity contribution < 1.29 is 7.06 Å². The van der Waals surface area contributed by atoms with Crippen molar-refractivity contribution in [3.8, 4) is 11.5 Å². The molecule has 1 aliphatic rings. The third kappa shape index (κ3) is 7.34. The first-order valence-electron chi connectivity index (χ1n) is 15.2. The van der Waals surface area contributed by atoms with Gasteiger partial charge in [0.25, 0.3) is 0 Å². The van der Waals surface area contributed by atoms with Crippen LogP contribution in [0.2, 0.25) is 0 Å². The number of rotatable bonds is 2. The Morgan fingerprint density at radius 1 is 0.591 bits per heavy atom. The summed E-state index contributed by atoms with van der Waals surface area (Å²) in [6.45, 7) is 17.4. The number of hydrogen-bond acceptors (Lipinski definition) is 4. The van der Waals surface area contributed by atoms with E-state index >= 15 is 0 Å². The van der Waals surface area contributed by atoms with Crippen LogP contribution in [0, 0.1) is 13.8 Å². The molecule has 0 aromatic heterocycles. The molecule has 0 saturated heterocycles. The molecular formula is C38H42ClGaN2O2. The van der Waals surface area contributed by atoms with Gasteiger partial charge >= 0.3 is 274 Å². The van der Waals surface area contributed by atoms with E-state index < -0.39 is 15.9 Å². The van der Waals surface area contributed by atoms with E-state index in [-0.39, 0.29) is 22.9 Å². The quantitative estimate of drug-likeness (QED) is 0.200. The van der Waals surface area contributed by atoms with Crippen LogP contribution in [0.1, 0.15) is 98.1 Å². The molecule has 1 heterocycles. The van der Waals surface area contributed by atoms with Crippen LogP contribution in [-0.2, 0) is 10.8 Å².